The summed E-state index contributed by atoms with van der Waals surface area (Å²) in [6.07, 6.45) is 4.09. The van der Waals surface area contributed by atoms with Gasteiger partial charge in [0.1, 0.15) is 22.4 Å². The second-order valence-electron chi connectivity index (χ2n) is 7.88. The van der Waals surface area contributed by atoms with Gasteiger partial charge in [-0.15, -0.1) is 11.3 Å². The molecule has 0 amide bonds. The predicted octanol–water partition coefficient (Wildman–Crippen LogP) is 10.1. The number of ether oxygens (including phenoxy) is 2. The third kappa shape index (κ3) is 6.64. The average Bonchev–Trinajstić information content (AvgIpc) is 3.38. The molecule has 0 unspecified atom stereocenters. The Balaban J connectivity index is 1.48. The molecule has 37 heavy (non-hydrogen) atoms. The monoisotopic (exact) mass is 610 g/mol. The summed E-state index contributed by atoms with van der Waals surface area (Å²) in [5.74, 6) is 0.637. The molecule has 1 aromatic heterocycles. The summed E-state index contributed by atoms with van der Waals surface area (Å²) in [6, 6.07) is 19.5. The van der Waals surface area contributed by atoms with Crippen LogP contribution in [0.4, 0.5) is 0 Å². The highest BCUT2D eigenvalue weighted by Gasteiger charge is 2.21. The zero-order valence-electron chi connectivity index (χ0n) is 19.4. The van der Waals surface area contributed by atoms with Crippen LogP contribution in [0.3, 0.4) is 0 Å². The summed E-state index contributed by atoms with van der Waals surface area (Å²) < 4.78 is 11.3. The van der Waals surface area contributed by atoms with Gasteiger partial charge in [0.15, 0.2) is 11.5 Å². The maximum atomic E-state index is 12.8. The van der Waals surface area contributed by atoms with E-state index in [1.165, 1.54) is 16.9 Å². The molecule has 4 aromatic rings. The third-order valence-electron chi connectivity index (χ3n) is 5.40. The van der Waals surface area contributed by atoms with Gasteiger partial charge in [-0.1, -0.05) is 100 Å². The van der Waals surface area contributed by atoms with Crippen molar-refractivity contribution in [2.45, 2.75) is 13.0 Å². The third-order valence-corrected chi connectivity index (χ3v) is 8.74. The molecule has 0 bridgehead atoms. The van der Waals surface area contributed by atoms with Gasteiger partial charge >= 0.3 is 0 Å². The minimum atomic E-state index is -0.0676. The lowest BCUT2D eigenvalue weighted by Crippen LogP contribution is -2.01. The smallest absolute Gasteiger partial charge is 0.195 e. The molecular weight excluding hydrogens is 594 g/mol. The molecule has 0 aliphatic heterocycles. The van der Waals surface area contributed by atoms with Crippen LogP contribution in [0, 0.1) is 0 Å². The molecule has 0 saturated carbocycles. The zero-order valence-corrected chi connectivity index (χ0v) is 24.0. The minimum absolute atomic E-state index is 0.0513. The van der Waals surface area contributed by atoms with Gasteiger partial charge in [0.25, 0.3) is 0 Å². The van der Waals surface area contributed by atoms with Crippen LogP contribution in [0.5, 0.6) is 11.5 Å². The van der Waals surface area contributed by atoms with Crippen molar-refractivity contribution in [1.82, 2.24) is 0 Å². The van der Waals surface area contributed by atoms with Gasteiger partial charge in [-0.05, 0) is 41.5 Å². The summed E-state index contributed by atoms with van der Waals surface area (Å²) in [6.45, 7) is 0.0559. The van der Waals surface area contributed by atoms with Gasteiger partial charge in [-0.3, -0.25) is 4.79 Å². The summed E-state index contributed by atoms with van der Waals surface area (Å²) in [5, 5.41) is 0.275. The van der Waals surface area contributed by atoms with Crippen molar-refractivity contribution in [3.05, 3.63) is 118 Å². The van der Waals surface area contributed by atoms with E-state index < -0.39 is 0 Å². The Hall–Kier alpha value is -2.18. The van der Waals surface area contributed by atoms with Crippen LogP contribution in [0.25, 0.3) is 6.08 Å². The maximum absolute atomic E-state index is 12.8. The van der Waals surface area contributed by atoms with Crippen LogP contribution in [-0.2, 0) is 13.0 Å². The van der Waals surface area contributed by atoms with Crippen LogP contribution in [0.15, 0.2) is 66.7 Å². The van der Waals surface area contributed by atoms with Crippen LogP contribution in [0.2, 0.25) is 25.1 Å². The number of ketones is 1. The van der Waals surface area contributed by atoms with Crippen LogP contribution >= 0.6 is 69.3 Å². The first-order valence-electron chi connectivity index (χ1n) is 10.9. The van der Waals surface area contributed by atoms with Gasteiger partial charge in [-0.25, -0.2) is 0 Å². The molecule has 0 aliphatic rings. The Morgan fingerprint density at radius 3 is 2.22 bits per heavy atom. The van der Waals surface area contributed by atoms with E-state index in [0.29, 0.717) is 16.2 Å². The minimum Gasteiger partial charge on any atom is -0.496 e. The molecule has 190 valence electrons. The Kier molecular flexibility index (Phi) is 9.46. The van der Waals surface area contributed by atoms with Crippen LogP contribution in [-0.4, -0.2) is 12.9 Å². The van der Waals surface area contributed by atoms with Crippen molar-refractivity contribution in [2.75, 3.05) is 7.11 Å². The van der Waals surface area contributed by atoms with E-state index in [-0.39, 0.29) is 43.3 Å². The molecule has 4 rings (SSSR count). The Morgan fingerprint density at radius 1 is 0.865 bits per heavy atom. The zero-order chi connectivity index (χ0) is 26.5. The number of thiophene rings is 1. The average molecular weight is 613 g/mol. The molecule has 0 saturated heterocycles. The Labute approximate surface area is 244 Å². The number of rotatable bonds is 9. The lowest BCUT2D eigenvalue weighted by molar-refractivity contribution is 0.105. The van der Waals surface area contributed by atoms with Gasteiger partial charge in [0.05, 0.1) is 27.1 Å². The highest BCUT2D eigenvalue weighted by molar-refractivity contribution is 7.14. The number of benzene rings is 3. The first-order valence-corrected chi connectivity index (χ1v) is 13.6. The van der Waals surface area contributed by atoms with Crippen molar-refractivity contribution in [3.63, 3.8) is 0 Å². The highest BCUT2D eigenvalue weighted by atomic mass is 35.5. The van der Waals surface area contributed by atoms with Crippen molar-refractivity contribution in [1.29, 1.82) is 0 Å². The Morgan fingerprint density at radius 2 is 1.54 bits per heavy atom. The predicted molar refractivity (Wildman–Crippen MR) is 156 cm³/mol. The van der Waals surface area contributed by atoms with Gasteiger partial charge in [0.2, 0.25) is 0 Å². The Bertz CT molecular complexity index is 1440. The fourth-order valence-corrected chi connectivity index (χ4v) is 5.73. The molecular formula is C28H19Cl5O3S. The highest BCUT2D eigenvalue weighted by Crippen LogP contribution is 2.48. The quantitative estimate of drug-likeness (QED) is 0.0817. The standard InChI is InChI=1S/C28H19Cl5O3S/c1-35-21-11-8-17(13-18(21)15-36-28-26(32)24(30)23(29)25(31)27(28)33)7-10-20(34)22-12-9-19(37-22)14-16-5-3-2-4-6-16/h2-13H,14-15H2,1H3/b10-7+. The summed E-state index contributed by atoms with van der Waals surface area (Å²) in [5.41, 5.74) is 2.70. The number of carbonyl (C=O) groups is 1. The molecule has 0 spiro atoms. The number of allylic oxidation sites excluding steroid dienone is 1. The van der Waals surface area contributed by atoms with E-state index in [1.54, 1.807) is 25.3 Å². The SMILES string of the molecule is COc1ccc(/C=C/C(=O)c2ccc(Cc3ccccc3)s2)cc1COc1c(Cl)c(Cl)c(Cl)c(Cl)c1Cl. The molecule has 3 nitrogen and oxygen atoms in total. The molecule has 0 atom stereocenters. The van der Waals surface area contributed by atoms with E-state index in [0.717, 1.165) is 16.9 Å². The largest absolute Gasteiger partial charge is 0.496 e. The number of hydrogen-bond donors (Lipinski definition) is 0. The van der Waals surface area contributed by atoms with E-state index in [9.17, 15) is 4.79 Å². The van der Waals surface area contributed by atoms with E-state index in [1.807, 2.05) is 42.5 Å². The van der Waals surface area contributed by atoms with Gasteiger partial charge in [-0.2, -0.15) is 0 Å². The summed E-state index contributed by atoms with van der Waals surface area (Å²) in [4.78, 5) is 14.6. The number of carbonyl (C=O) groups excluding carboxylic acids is 1. The van der Waals surface area contributed by atoms with Crippen molar-refractivity contribution in [2.24, 2.45) is 0 Å². The molecule has 0 fully saturated rings. The molecule has 0 aliphatic carbocycles. The topological polar surface area (TPSA) is 35.5 Å². The van der Waals surface area contributed by atoms with Crippen molar-refractivity contribution >= 4 is 81.2 Å². The fourth-order valence-electron chi connectivity index (χ4n) is 3.53. The second-order valence-corrected chi connectivity index (χ2v) is 10.9. The second kappa shape index (κ2) is 12.6. The maximum Gasteiger partial charge on any atom is 0.195 e. The molecule has 3 aromatic carbocycles. The lowest BCUT2D eigenvalue weighted by atomic mass is 10.1. The lowest BCUT2D eigenvalue weighted by Gasteiger charge is -2.15. The van der Waals surface area contributed by atoms with Gasteiger partial charge < -0.3 is 9.47 Å². The van der Waals surface area contributed by atoms with Crippen molar-refractivity contribution in [3.8, 4) is 11.5 Å². The number of halogens is 5. The van der Waals surface area contributed by atoms with Crippen molar-refractivity contribution < 1.29 is 14.3 Å². The normalized spacial score (nSPS) is 11.2. The van der Waals surface area contributed by atoms with Crippen LogP contribution in [0.1, 0.15) is 31.2 Å². The molecule has 0 N–H and O–H groups in total. The summed E-state index contributed by atoms with van der Waals surface area (Å²) in [7, 11) is 1.55. The molecule has 9 heteroatoms. The summed E-state index contributed by atoms with van der Waals surface area (Å²) >= 11 is 32.4. The first kappa shape index (κ1) is 27.8. The number of methoxy groups -OCH3 is 1. The number of hydrogen-bond acceptors (Lipinski definition) is 4. The molecule has 1 heterocycles. The van der Waals surface area contributed by atoms with E-state index >= 15 is 0 Å². The van der Waals surface area contributed by atoms with Gasteiger partial charge in [0, 0.05) is 16.9 Å². The van der Waals surface area contributed by atoms with E-state index in [2.05, 4.69) is 12.1 Å². The fraction of sp³-hybridized carbons (Fsp3) is 0.107. The molecule has 0 radical (unpaired) electrons. The first-order chi connectivity index (χ1) is 17.8. The van der Waals surface area contributed by atoms with Crippen LogP contribution < -0.4 is 9.47 Å². The van der Waals surface area contributed by atoms with E-state index in [4.69, 9.17) is 67.5 Å².